The molecule has 0 atom stereocenters. The Morgan fingerprint density at radius 3 is 2.52 bits per heavy atom. The number of aryl methyl sites for hydroxylation is 3. The van der Waals surface area contributed by atoms with Gasteiger partial charge in [0.25, 0.3) is 5.91 Å². The van der Waals surface area contributed by atoms with E-state index in [0.717, 1.165) is 15.8 Å². The molecule has 2 heterocycles. The zero-order valence-corrected chi connectivity index (χ0v) is 15.7. The maximum Gasteiger partial charge on any atom is 0.298 e. The maximum absolute atomic E-state index is 12.6. The van der Waals surface area contributed by atoms with E-state index in [1.165, 1.54) is 11.3 Å². The Morgan fingerprint density at radius 2 is 1.96 bits per heavy atom. The van der Waals surface area contributed by atoms with E-state index in [2.05, 4.69) is 10.1 Å². The van der Waals surface area contributed by atoms with Crippen LogP contribution in [-0.4, -0.2) is 34.5 Å². The van der Waals surface area contributed by atoms with Crippen molar-refractivity contribution in [2.45, 2.75) is 20.4 Å². The predicted molar refractivity (Wildman–Crippen MR) is 96.4 cm³/mol. The van der Waals surface area contributed by atoms with Crippen LogP contribution < -0.4 is 14.3 Å². The highest BCUT2D eigenvalue weighted by Crippen LogP contribution is 2.33. The van der Waals surface area contributed by atoms with Crippen molar-refractivity contribution in [2.75, 3.05) is 14.2 Å². The number of methoxy groups -OCH3 is 2. The molecule has 0 aliphatic rings. The number of rotatable bonds is 4. The van der Waals surface area contributed by atoms with E-state index in [9.17, 15) is 4.79 Å². The molecule has 0 N–H and O–H groups in total. The van der Waals surface area contributed by atoms with Gasteiger partial charge in [-0.15, -0.1) is 0 Å². The van der Waals surface area contributed by atoms with Crippen LogP contribution in [-0.2, 0) is 13.6 Å². The molecule has 2 aromatic heterocycles. The summed E-state index contributed by atoms with van der Waals surface area (Å²) in [6.45, 7) is 4.55. The number of nitrogens with zero attached hydrogens (tertiary/aromatic N) is 4. The Balaban J connectivity index is 2.20. The van der Waals surface area contributed by atoms with E-state index in [4.69, 9.17) is 9.47 Å². The van der Waals surface area contributed by atoms with Crippen LogP contribution in [0.25, 0.3) is 10.2 Å². The summed E-state index contributed by atoms with van der Waals surface area (Å²) in [6.07, 6.45) is 1.66. The third-order valence-electron chi connectivity index (χ3n) is 4.03. The molecule has 1 amide bonds. The number of benzene rings is 1. The van der Waals surface area contributed by atoms with Gasteiger partial charge in [0, 0.05) is 31.3 Å². The van der Waals surface area contributed by atoms with Crippen molar-refractivity contribution in [3.8, 4) is 11.5 Å². The third-order valence-corrected chi connectivity index (χ3v) is 5.07. The Hall–Kier alpha value is -2.61. The molecule has 0 aliphatic carbocycles. The van der Waals surface area contributed by atoms with E-state index >= 15 is 0 Å². The molecular formula is C17H20N4O3S. The van der Waals surface area contributed by atoms with E-state index in [-0.39, 0.29) is 5.91 Å². The summed E-state index contributed by atoms with van der Waals surface area (Å²) < 4.78 is 15.3. The molecule has 132 valence electrons. The highest BCUT2D eigenvalue weighted by atomic mass is 32.1. The van der Waals surface area contributed by atoms with Crippen LogP contribution in [0.1, 0.15) is 23.0 Å². The molecule has 3 aromatic rings. The van der Waals surface area contributed by atoms with Crippen LogP contribution in [0.2, 0.25) is 0 Å². The van der Waals surface area contributed by atoms with Crippen LogP contribution >= 0.6 is 11.3 Å². The first kappa shape index (κ1) is 17.2. The smallest absolute Gasteiger partial charge is 0.298 e. The minimum atomic E-state index is -0.301. The minimum absolute atomic E-state index is 0.301. The minimum Gasteiger partial charge on any atom is -0.493 e. The molecule has 25 heavy (non-hydrogen) atoms. The zero-order chi connectivity index (χ0) is 18.1. The number of aromatic nitrogens is 3. The van der Waals surface area contributed by atoms with Crippen molar-refractivity contribution < 1.29 is 14.3 Å². The van der Waals surface area contributed by atoms with E-state index in [0.29, 0.717) is 28.5 Å². The fraction of sp³-hybridized carbons (Fsp3) is 0.353. The summed E-state index contributed by atoms with van der Waals surface area (Å²) in [6, 6.07) is 3.82. The lowest BCUT2D eigenvalue weighted by molar-refractivity contribution is 0.0988. The quantitative estimate of drug-likeness (QED) is 0.717. The lowest BCUT2D eigenvalue weighted by Crippen LogP contribution is -2.17. The highest BCUT2D eigenvalue weighted by molar-refractivity contribution is 7.16. The predicted octanol–water partition coefficient (Wildman–Crippen LogP) is 2.52. The number of ether oxygens (including phenoxy) is 2. The molecule has 0 bridgehead atoms. The number of carbonyl (C=O) groups is 1. The molecule has 0 fully saturated rings. The first-order valence-electron chi connectivity index (χ1n) is 7.83. The van der Waals surface area contributed by atoms with Crippen molar-refractivity contribution >= 4 is 27.5 Å². The Kier molecular flexibility index (Phi) is 4.63. The standard InChI is InChI=1S/C17H20N4O3S/c1-6-21-11-7-12(23-4)13(24-5)8-14(11)25-17(21)19-16(22)15-10(2)9-18-20(15)3/h7-9H,6H2,1-5H3. The summed E-state index contributed by atoms with van der Waals surface area (Å²) in [5.41, 5.74) is 2.26. The van der Waals surface area contributed by atoms with Gasteiger partial charge in [0.15, 0.2) is 16.3 Å². The summed E-state index contributed by atoms with van der Waals surface area (Å²) in [7, 11) is 4.95. The molecule has 7 nitrogen and oxygen atoms in total. The highest BCUT2D eigenvalue weighted by Gasteiger charge is 2.16. The van der Waals surface area contributed by atoms with Gasteiger partial charge in [0.2, 0.25) is 0 Å². The lowest BCUT2D eigenvalue weighted by Gasteiger charge is -2.08. The fourth-order valence-electron chi connectivity index (χ4n) is 2.78. The van der Waals surface area contributed by atoms with Crippen LogP contribution in [0, 0.1) is 6.92 Å². The Bertz CT molecular complexity index is 993. The SMILES string of the molecule is CCn1c(=NC(=O)c2c(C)cnn2C)sc2cc(OC)c(OC)cc21. The lowest BCUT2D eigenvalue weighted by atomic mass is 10.2. The third kappa shape index (κ3) is 2.93. The normalized spacial score (nSPS) is 12.0. The zero-order valence-electron chi connectivity index (χ0n) is 14.9. The van der Waals surface area contributed by atoms with Gasteiger partial charge in [-0.3, -0.25) is 9.48 Å². The molecule has 0 unspecified atom stereocenters. The molecule has 8 heteroatoms. The van der Waals surface area contributed by atoms with Gasteiger partial charge in [-0.1, -0.05) is 11.3 Å². The number of thiazole rings is 1. The second-order valence-electron chi connectivity index (χ2n) is 5.52. The molecule has 0 radical (unpaired) electrons. The van der Waals surface area contributed by atoms with Gasteiger partial charge in [0.05, 0.1) is 30.6 Å². The Labute approximate surface area is 149 Å². The number of amides is 1. The first-order chi connectivity index (χ1) is 12.0. The number of fused-ring (bicyclic) bond motifs is 1. The number of hydrogen-bond donors (Lipinski definition) is 0. The van der Waals surface area contributed by atoms with Crippen LogP contribution in [0.3, 0.4) is 0 Å². The summed E-state index contributed by atoms with van der Waals surface area (Å²) >= 11 is 1.44. The van der Waals surface area contributed by atoms with Crippen molar-refractivity contribution in [2.24, 2.45) is 12.0 Å². The van der Waals surface area contributed by atoms with E-state index in [1.54, 1.807) is 32.1 Å². The van der Waals surface area contributed by atoms with Gasteiger partial charge in [0.1, 0.15) is 5.69 Å². The van der Waals surface area contributed by atoms with E-state index < -0.39 is 0 Å². The van der Waals surface area contributed by atoms with Gasteiger partial charge in [-0.2, -0.15) is 10.1 Å². The second kappa shape index (κ2) is 6.72. The van der Waals surface area contributed by atoms with Crippen LogP contribution in [0.5, 0.6) is 11.5 Å². The number of carbonyl (C=O) groups excluding carboxylic acids is 1. The number of hydrogen-bond acceptors (Lipinski definition) is 5. The second-order valence-corrected chi connectivity index (χ2v) is 6.53. The maximum atomic E-state index is 12.6. The molecular weight excluding hydrogens is 340 g/mol. The molecule has 3 rings (SSSR count). The molecule has 1 aromatic carbocycles. The average molecular weight is 360 g/mol. The first-order valence-corrected chi connectivity index (χ1v) is 8.64. The fourth-order valence-corrected chi connectivity index (χ4v) is 3.88. The molecule has 0 saturated heterocycles. The largest absolute Gasteiger partial charge is 0.493 e. The van der Waals surface area contributed by atoms with Crippen LogP contribution in [0.15, 0.2) is 23.3 Å². The Morgan fingerprint density at radius 1 is 1.28 bits per heavy atom. The molecule has 0 saturated carbocycles. The van der Waals surface area contributed by atoms with Crippen molar-refractivity contribution in [1.29, 1.82) is 0 Å². The van der Waals surface area contributed by atoms with Gasteiger partial charge in [-0.05, 0) is 13.8 Å². The van der Waals surface area contributed by atoms with Gasteiger partial charge in [-0.25, -0.2) is 0 Å². The van der Waals surface area contributed by atoms with Gasteiger partial charge >= 0.3 is 0 Å². The van der Waals surface area contributed by atoms with Crippen molar-refractivity contribution in [1.82, 2.24) is 14.3 Å². The van der Waals surface area contributed by atoms with Crippen molar-refractivity contribution in [3.05, 3.63) is 34.4 Å². The van der Waals surface area contributed by atoms with Gasteiger partial charge < -0.3 is 14.0 Å². The summed E-state index contributed by atoms with van der Waals surface area (Å²) in [5.74, 6) is 1.00. The van der Waals surface area contributed by atoms with E-state index in [1.807, 2.05) is 30.5 Å². The van der Waals surface area contributed by atoms with Crippen molar-refractivity contribution in [3.63, 3.8) is 0 Å². The van der Waals surface area contributed by atoms with Crippen LogP contribution in [0.4, 0.5) is 0 Å². The average Bonchev–Trinajstić information content (AvgIpc) is 3.11. The summed E-state index contributed by atoms with van der Waals surface area (Å²) in [4.78, 5) is 17.6. The molecule has 0 aliphatic heterocycles. The topological polar surface area (TPSA) is 70.6 Å². The molecule has 0 spiro atoms. The monoisotopic (exact) mass is 360 g/mol. The summed E-state index contributed by atoms with van der Waals surface area (Å²) in [5, 5.41) is 4.11.